The lowest BCUT2D eigenvalue weighted by Crippen LogP contribution is -2.11. The second-order valence-electron chi connectivity index (χ2n) is 3.04. The average molecular weight is 191 g/mol. The van der Waals surface area contributed by atoms with Crippen molar-refractivity contribution in [1.29, 1.82) is 0 Å². The molecule has 0 aliphatic heterocycles. The third kappa shape index (κ3) is 2.69. The first-order valence-corrected chi connectivity index (χ1v) is 4.49. The lowest BCUT2D eigenvalue weighted by Gasteiger charge is -2.10. The van der Waals surface area contributed by atoms with Crippen LogP contribution in [0.15, 0.2) is 37.2 Å². The quantitative estimate of drug-likeness (QED) is 0.726. The molecule has 74 valence electrons. The monoisotopic (exact) mass is 191 g/mol. The summed E-state index contributed by atoms with van der Waals surface area (Å²) >= 11 is 0. The second-order valence-corrected chi connectivity index (χ2v) is 3.04. The normalized spacial score (nSPS) is 12.0. The Hall–Kier alpha value is -1.64. The Bertz CT molecular complexity index is 308. The van der Waals surface area contributed by atoms with Gasteiger partial charge in [0.05, 0.1) is 5.92 Å². The van der Waals surface area contributed by atoms with Gasteiger partial charge in [-0.25, -0.2) is 0 Å². The summed E-state index contributed by atoms with van der Waals surface area (Å²) in [7, 11) is 0. The van der Waals surface area contributed by atoms with Crippen LogP contribution in [0.3, 0.4) is 0 Å². The van der Waals surface area contributed by atoms with Crippen molar-refractivity contribution < 1.29 is 9.90 Å². The molecule has 3 heteroatoms. The molecule has 0 saturated carbocycles. The molecule has 0 amide bonds. The Morgan fingerprint density at radius 1 is 1.71 bits per heavy atom. The summed E-state index contributed by atoms with van der Waals surface area (Å²) in [6, 6.07) is 3.54. The topological polar surface area (TPSA) is 50.2 Å². The molecule has 0 aromatic carbocycles. The van der Waals surface area contributed by atoms with Crippen molar-refractivity contribution in [3.05, 3.63) is 42.7 Å². The molecule has 0 aliphatic carbocycles. The van der Waals surface area contributed by atoms with E-state index in [4.69, 9.17) is 5.11 Å². The van der Waals surface area contributed by atoms with Crippen molar-refractivity contribution in [2.24, 2.45) is 0 Å². The third-order valence-corrected chi connectivity index (χ3v) is 2.04. The molecule has 0 spiro atoms. The highest BCUT2D eigenvalue weighted by Crippen LogP contribution is 2.20. The number of pyridine rings is 1. The van der Waals surface area contributed by atoms with Gasteiger partial charge in [0.2, 0.25) is 0 Å². The lowest BCUT2D eigenvalue weighted by molar-refractivity contribution is -0.138. The van der Waals surface area contributed by atoms with Gasteiger partial charge in [-0.05, 0) is 24.5 Å². The number of carboxylic acids is 1. The van der Waals surface area contributed by atoms with Crippen LogP contribution in [-0.4, -0.2) is 16.1 Å². The van der Waals surface area contributed by atoms with Gasteiger partial charge < -0.3 is 5.11 Å². The number of aliphatic carboxylic acids is 1. The zero-order valence-corrected chi connectivity index (χ0v) is 7.89. The summed E-state index contributed by atoms with van der Waals surface area (Å²) < 4.78 is 0. The summed E-state index contributed by atoms with van der Waals surface area (Å²) in [5, 5.41) is 8.99. The molecular weight excluding hydrogens is 178 g/mol. The van der Waals surface area contributed by atoms with Crippen molar-refractivity contribution in [3.63, 3.8) is 0 Å². The van der Waals surface area contributed by atoms with Gasteiger partial charge >= 0.3 is 5.97 Å². The van der Waals surface area contributed by atoms with E-state index >= 15 is 0 Å². The summed E-state index contributed by atoms with van der Waals surface area (Å²) in [6.07, 6.45) is 6.24. The predicted molar refractivity (Wildman–Crippen MR) is 54.0 cm³/mol. The number of carboxylic acid groups (broad SMARTS) is 1. The van der Waals surface area contributed by atoms with Crippen LogP contribution in [0, 0.1) is 0 Å². The molecule has 1 heterocycles. The van der Waals surface area contributed by atoms with Gasteiger partial charge in [0.1, 0.15) is 0 Å². The van der Waals surface area contributed by atoms with E-state index in [1.807, 2.05) is 0 Å². The van der Waals surface area contributed by atoms with E-state index in [-0.39, 0.29) is 0 Å². The predicted octanol–water partition coefficient (Wildman–Crippen LogP) is 2.22. The molecule has 1 aromatic heterocycles. The van der Waals surface area contributed by atoms with Crippen molar-refractivity contribution >= 4 is 5.97 Å². The molecule has 1 rings (SSSR count). The van der Waals surface area contributed by atoms with Gasteiger partial charge in [0, 0.05) is 12.4 Å². The summed E-state index contributed by atoms with van der Waals surface area (Å²) in [5.74, 6) is -1.28. The number of nitrogens with zero attached hydrogens (tertiary/aromatic N) is 1. The van der Waals surface area contributed by atoms with Gasteiger partial charge in [-0.15, -0.1) is 6.58 Å². The van der Waals surface area contributed by atoms with E-state index in [1.165, 1.54) is 0 Å². The molecule has 1 aromatic rings. The minimum absolute atomic E-state index is 0.471. The Kier molecular flexibility index (Phi) is 3.85. The maximum Gasteiger partial charge on any atom is 0.311 e. The van der Waals surface area contributed by atoms with Crippen LogP contribution in [0.2, 0.25) is 0 Å². The Labute approximate surface area is 83.1 Å². The summed E-state index contributed by atoms with van der Waals surface area (Å²) in [5.41, 5.74) is 0.752. The largest absolute Gasteiger partial charge is 0.481 e. The number of hydrogen-bond donors (Lipinski definition) is 1. The van der Waals surface area contributed by atoms with Gasteiger partial charge in [-0.1, -0.05) is 12.1 Å². The molecule has 0 radical (unpaired) electrons. The first-order valence-electron chi connectivity index (χ1n) is 4.49. The zero-order valence-electron chi connectivity index (χ0n) is 7.89. The summed E-state index contributed by atoms with van der Waals surface area (Å²) in [4.78, 5) is 14.9. The van der Waals surface area contributed by atoms with Gasteiger partial charge in [-0.2, -0.15) is 0 Å². The third-order valence-electron chi connectivity index (χ3n) is 2.04. The zero-order chi connectivity index (χ0) is 10.4. The lowest BCUT2D eigenvalue weighted by atomic mass is 9.96. The smallest absolute Gasteiger partial charge is 0.311 e. The van der Waals surface area contributed by atoms with E-state index < -0.39 is 11.9 Å². The molecule has 0 aliphatic rings. The van der Waals surface area contributed by atoms with Crippen molar-refractivity contribution in [3.8, 4) is 0 Å². The van der Waals surface area contributed by atoms with Crippen LogP contribution < -0.4 is 0 Å². The highest BCUT2D eigenvalue weighted by atomic mass is 16.4. The van der Waals surface area contributed by atoms with Crippen LogP contribution in [-0.2, 0) is 4.79 Å². The number of hydrogen-bond acceptors (Lipinski definition) is 2. The van der Waals surface area contributed by atoms with E-state index in [1.54, 1.807) is 30.6 Å². The van der Waals surface area contributed by atoms with E-state index in [9.17, 15) is 4.79 Å². The highest BCUT2D eigenvalue weighted by Gasteiger charge is 2.18. The first kappa shape index (κ1) is 10.4. The molecule has 0 bridgehead atoms. The SMILES string of the molecule is C=CCCC(C(=O)O)c1cccnc1. The second kappa shape index (κ2) is 5.17. The Balaban J connectivity index is 2.78. The van der Waals surface area contributed by atoms with Gasteiger partial charge in [0.25, 0.3) is 0 Å². The first-order chi connectivity index (χ1) is 6.75. The number of aromatic nitrogens is 1. The standard InChI is InChI=1S/C11H13NO2/c1-2-3-6-10(11(13)14)9-5-4-7-12-8-9/h2,4-5,7-8,10H,1,3,6H2,(H,13,14). The minimum atomic E-state index is -0.806. The van der Waals surface area contributed by atoms with Crippen LogP contribution in [0.1, 0.15) is 24.3 Å². The molecule has 1 atom stereocenters. The average Bonchev–Trinajstić information content (AvgIpc) is 2.19. The summed E-state index contributed by atoms with van der Waals surface area (Å²) in [6.45, 7) is 3.58. The molecular formula is C11H13NO2. The van der Waals surface area contributed by atoms with Crippen LogP contribution in [0.5, 0.6) is 0 Å². The molecule has 3 nitrogen and oxygen atoms in total. The molecule has 14 heavy (non-hydrogen) atoms. The van der Waals surface area contributed by atoms with E-state index in [0.717, 1.165) is 5.56 Å². The Morgan fingerprint density at radius 2 is 2.50 bits per heavy atom. The molecule has 1 N–H and O–H groups in total. The van der Waals surface area contributed by atoms with E-state index in [0.29, 0.717) is 12.8 Å². The molecule has 1 unspecified atom stereocenters. The molecule has 0 saturated heterocycles. The maximum atomic E-state index is 10.9. The van der Waals surface area contributed by atoms with Crippen molar-refractivity contribution in [1.82, 2.24) is 4.98 Å². The van der Waals surface area contributed by atoms with Crippen molar-refractivity contribution in [2.45, 2.75) is 18.8 Å². The Morgan fingerprint density at radius 3 is 3.00 bits per heavy atom. The minimum Gasteiger partial charge on any atom is -0.481 e. The number of allylic oxidation sites excluding steroid dienone is 1. The van der Waals surface area contributed by atoms with Gasteiger partial charge in [0.15, 0.2) is 0 Å². The highest BCUT2D eigenvalue weighted by molar-refractivity contribution is 5.75. The fraction of sp³-hybridized carbons (Fsp3) is 0.273. The number of carbonyl (C=O) groups is 1. The van der Waals surface area contributed by atoms with Crippen LogP contribution >= 0.6 is 0 Å². The van der Waals surface area contributed by atoms with Crippen LogP contribution in [0.25, 0.3) is 0 Å². The van der Waals surface area contributed by atoms with Crippen molar-refractivity contribution in [2.75, 3.05) is 0 Å². The fourth-order valence-electron chi connectivity index (χ4n) is 1.30. The van der Waals surface area contributed by atoms with Gasteiger partial charge in [-0.3, -0.25) is 9.78 Å². The van der Waals surface area contributed by atoms with E-state index in [2.05, 4.69) is 11.6 Å². The molecule has 0 fully saturated rings. The van der Waals surface area contributed by atoms with Crippen LogP contribution in [0.4, 0.5) is 0 Å². The fourth-order valence-corrected chi connectivity index (χ4v) is 1.30. The number of rotatable bonds is 5. The maximum absolute atomic E-state index is 10.9.